The Bertz CT molecular complexity index is 553. The van der Waals surface area contributed by atoms with Gasteiger partial charge in [-0.1, -0.05) is 19.9 Å². The highest BCUT2D eigenvalue weighted by atomic mass is 127. The molecule has 0 spiro atoms. The summed E-state index contributed by atoms with van der Waals surface area (Å²) in [5.74, 6) is -0.888. The molecule has 136 valence electrons. The number of nitrogens with one attached hydrogen (secondary N) is 1. The van der Waals surface area contributed by atoms with Crippen LogP contribution in [0.15, 0.2) is 23.2 Å². The van der Waals surface area contributed by atoms with Crippen molar-refractivity contribution in [2.45, 2.75) is 38.6 Å². The number of rotatable bonds is 6. The van der Waals surface area contributed by atoms with Gasteiger partial charge in [-0.3, -0.25) is 9.89 Å². The molecular weight excluding hydrogens is 425 g/mol. The van der Waals surface area contributed by atoms with Crippen LogP contribution < -0.4 is 11.1 Å². The van der Waals surface area contributed by atoms with Gasteiger partial charge in [0.25, 0.3) is 0 Å². The van der Waals surface area contributed by atoms with Gasteiger partial charge in [-0.15, -0.1) is 24.0 Å². The molecule has 2 atom stereocenters. The highest BCUT2D eigenvalue weighted by molar-refractivity contribution is 14.0. The van der Waals surface area contributed by atoms with Crippen LogP contribution in [-0.2, 0) is 0 Å². The van der Waals surface area contributed by atoms with Crippen LogP contribution in [-0.4, -0.2) is 43.1 Å². The van der Waals surface area contributed by atoms with Gasteiger partial charge in [-0.25, -0.2) is 8.78 Å². The van der Waals surface area contributed by atoms with Gasteiger partial charge < -0.3 is 11.1 Å². The van der Waals surface area contributed by atoms with E-state index in [-0.39, 0.29) is 29.9 Å². The van der Waals surface area contributed by atoms with Crippen LogP contribution in [0.3, 0.4) is 0 Å². The molecule has 1 aliphatic heterocycles. The van der Waals surface area contributed by atoms with Gasteiger partial charge in [0.1, 0.15) is 11.6 Å². The van der Waals surface area contributed by atoms with Gasteiger partial charge in [-0.05, 0) is 37.6 Å². The van der Waals surface area contributed by atoms with Gasteiger partial charge in [0.2, 0.25) is 0 Å². The Morgan fingerprint density at radius 3 is 2.88 bits per heavy atom. The zero-order valence-electron chi connectivity index (χ0n) is 14.3. The van der Waals surface area contributed by atoms with E-state index in [4.69, 9.17) is 5.73 Å². The summed E-state index contributed by atoms with van der Waals surface area (Å²) in [6, 6.07) is 4.13. The molecule has 1 saturated heterocycles. The van der Waals surface area contributed by atoms with E-state index in [1.54, 1.807) is 0 Å². The number of likely N-dealkylation sites (tertiary alicyclic amines) is 1. The van der Waals surface area contributed by atoms with Crippen molar-refractivity contribution in [3.63, 3.8) is 0 Å². The largest absolute Gasteiger partial charge is 0.370 e. The van der Waals surface area contributed by atoms with Crippen molar-refractivity contribution >= 4 is 29.9 Å². The molecule has 1 aliphatic rings. The van der Waals surface area contributed by atoms with Crippen molar-refractivity contribution in [1.29, 1.82) is 0 Å². The summed E-state index contributed by atoms with van der Waals surface area (Å²) >= 11 is 0. The molecular formula is C17H27F2IN4. The molecule has 1 aromatic carbocycles. The summed E-state index contributed by atoms with van der Waals surface area (Å²) < 4.78 is 26.7. The highest BCUT2D eigenvalue weighted by Crippen LogP contribution is 2.20. The highest BCUT2D eigenvalue weighted by Gasteiger charge is 2.22. The third kappa shape index (κ3) is 5.84. The van der Waals surface area contributed by atoms with Gasteiger partial charge in [0.05, 0.1) is 0 Å². The van der Waals surface area contributed by atoms with Crippen molar-refractivity contribution in [1.82, 2.24) is 10.2 Å². The lowest BCUT2D eigenvalue weighted by atomic mass is 10.0. The van der Waals surface area contributed by atoms with Crippen LogP contribution >= 0.6 is 24.0 Å². The van der Waals surface area contributed by atoms with Gasteiger partial charge >= 0.3 is 0 Å². The predicted molar refractivity (Wildman–Crippen MR) is 105 cm³/mol. The monoisotopic (exact) mass is 452 g/mol. The number of likely N-dealkylation sites (N-methyl/N-ethyl adjacent to an activating group) is 1. The zero-order valence-corrected chi connectivity index (χ0v) is 16.6. The van der Waals surface area contributed by atoms with Crippen molar-refractivity contribution in [3.05, 3.63) is 35.4 Å². The number of guanidine groups is 1. The second-order valence-corrected chi connectivity index (χ2v) is 6.10. The third-order valence-corrected chi connectivity index (χ3v) is 4.45. The molecule has 0 amide bonds. The second-order valence-electron chi connectivity index (χ2n) is 6.10. The van der Waals surface area contributed by atoms with E-state index in [2.05, 4.69) is 22.1 Å². The first kappa shape index (κ1) is 21.1. The Hall–Kier alpha value is -0.960. The zero-order chi connectivity index (χ0) is 16.8. The standard InChI is InChI=1S/C17H26F2N4.HI/c1-3-23-8-4-5-14(23)11-22-17(20)21-10-12(2)15-7-6-13(18)9-16(15)19;/h6-7,9,12,14H,3-5,8,10-11H2,1-2H3,(H3,20,21,22);1H. The molecule has 0 bridgehead atoms. The Kier molecular flexibility index (Phi) is 8.90. The summed E-state index contributed by atoms with van der Waals surface area (Å²) in [5.41, 5.74) is 6.35. The summed E-state index contributed by atoms with van der Waals surface area (Å²) in [7, 11) is 0. The first-order chi connectivity index (χ1) is 11.0. The molecule has 2 rings (SSSR count). The van der Waals surface area contributed by atoms with Gasteiger partial charge in [0, 0.05) is 31.1 Å². The summed E-state index contributed by atoms with van der Waals surface area (Å²) in [5, 5.41) is 3.15. The number of nitrogens with zero attached hydrogens (tertiary/aromatic N) is 2. The van der Waals surface area contributed by atoms with Crippen LogP contribution in [0.2, 0.25) is 0 Å². The molecule has 1 aromatic rings. The molecule has 1 heterocycles. The first-order valence-electron chi connectivity index (χ1n) is 8.24. The number of nitrogens with two attached hydrogens (primary N) is 1. The number of aliphatic imine (C=N–C) groups is 1. The Morgan fingerprint density at radius 1 is 1.46 bits per heavy atom. The summed E-state index contributed by atoms with van der Waals surface area (Å²) in [6.07, 6.45) is 2.39. The van der Waals surface area contributed by atoms with Crippen LogP contribution in [0.25, 0.3) is 0 Å². The first-order valence-corrected chi connectivity index (χ1v) is 8.24. The van der Waals surface area contributed by atoms with Crippen LogP contribution in [0.1, 0.15) is 38.2 Å². The fourth-order valence-corrected chi connectivity index (χ4v) is 3.06. The fourth-order valence-electron chi connectivity index (χ4n) is 3.06. The average molecular weight is 452 g/mol. The molecule has 3 N–H and O–H groups in total. The molecule has 4 nitrogen and oxygen atoms in total. The molecule has 0 radical (unpaired) electrons. The molecule has 24 heavy (non-hydrogen) atoms. The fraction of sp³-hybridized carbons (Fsp3) is 0.588. The minimum atomic E-state index is -0.569. The lowest BCUT2D eigenvalue weighted by Gasteiger charge is -2.23. The maximum atomic E-state index is 13.7. The van der Waals surface area contributed by atoms with Crippen molar-refractivity contribution < 1.29 is 8.78 Å². The molecule has 7 heteroatoms. The van der Waals surface area contributed by atoms with Crippen molar-refractivity contribution in [2.24, 2.45) is 10.7 Å². The van der Waals surface area contributed by atoms with E-state index < -0.39 is 11.6 Å². The predicted octanol–water partition coefficient (Wildman–Crippen LogP) is 3.07. The molecule has 1 fully saturated rings. The van der Waals surface area contributed by atoms with Crippen LogP contribution in [0, 0.1) is 11.6 Å². The normalized spacial score (nSPS) is 19.8. The minimum Gasteiger partial charge on any atom is -0.370 e. The number of benzene rings is 1. The number of hydrogen-bond acceptors (Lipinski definition) is 2. The number of hydrogen-bond donors (Lipinski definition) is 2. The van der Waals surface area contributed by atoms with Gasteiger partial charge in [-0.2, -0.15) is 0 Å². The van der Waals surface area contributed by atoms with E-state index in [1.807, 2.05) is 6.92 Å². The molecule has 2 unspecified atom stereocenters. The molecule has 0 aromatic heterocycles. The Balaban J connectivity index is 0.00000288. The van der Waals surface area contributed by atoms with E-state index >= 15 is 0 Å². The smallest absolute Gasteiger partial charge is 0.188 e. The van der Waals surface area contributed by atoms with Crippen molar-refractivity contribution in [2.75, 3.05) is 26.2 Å². The summed E-state index contributed by atoms with van der Waals surface area (Å²) in [6.45, 7) is 7.34. The SMILES string of the molecule is CCN1CCCC1CNC(N)=NCC(C)c1ccc(F)cc1F.I. The van der Waals surface area contributed by atoms with E-state index in [0.717, 1.165) is 25.7 Å². The van der Waals surface area contributed by atoms with E-state index in [9.17, 15) is 8.78 Å². The maximum absolute atomic E-state index is 13.7. The lowest BCUT2D eigenvalue weighted by molar-refractivity contribution is 0.267. The molecule has 0 aliphatic carbocycles. The van der Waals surface area contributed by atoms with Crippen molar-refractivity contribution in [3.8, 4) is 0 Å². The Morgan fingerprint density at radius 2 is 2.21 bits per heavy atom. The average Bonchev–Trinajstić information content (AvgIpc) is 2.98. The lowest BCUT2D eigenvalue weighted by Crippen LogP contribution is -2.42. The topological polar surface area (TPSA) is 53.6 Å². The van der Waals surface area contributed by atoms with E-state index in [0.29, 0.717) is 24.1 Å². The second kappa shape index (κ2) is 10.1. The van der Waals surface area contributed by atoms with Crippen LogP contribution in [0.4, 0.5) is 8.78 Å². The maximum Gasteiger partial charge on any atom is 0.188 e. The van der Waals surface area contributed by atoms with Gasteiger partial charge in [0.15, 0.2) is 5.96 Å². The third-order valence-electron chi connectivity index (χ3n) is 4.45. The Labute approximate surface area is 159 Å². The van der Waals surface area contributed by atoms with Crippen LogP contribution in [0.5, 0.6) is 0 Å². The van der Waals surface area contributed by atoms with E-state index in [1.165, 1.54) is 25.0 Å². The molecule has 0 saturated carbocycles. The minimum absolute atomic E-state index is 0. The summed E-state index contributed by atoms with van der Waals surface area (Å²) in [4.78, 5) is 6.71. The number of halogens is 3. The quantitative estimate of drug-likeness (QED) is 0.397.